The van der Waals surface area contributed by atoms with Gasteiger partial charge in [-0.2, -0.15) is 0 Å². The van der Waals surface area contributed by atoms with E-state index in [4.69, 9.17) is 0 Å². The second-order valence-corrected chi connectivity index (χ2v) is 6.25. The van der Waals surface area contributed by atoms with E-state index >= 15 is 0 Å². The van der Waals surface area contributed by atoms with Gasteiger partial charge in [-0.15, -0.1) is 11.3 Å². The first kappa shape index (κ1) is 15.4. The zero-order valence-electron chi connectivity index (χ0n) is 12.4. The molecular formula is C14H27N3S. The molecule has 0 spiro atoms. The maximum Gasteiger partial charge on any atom is 0.111 e. The van der Waals surface area contributed by atoms with Crippen LogP contribution < -0.4 is 4.90 Å². The van der Waals surface area contributed by atoms with E-state index in [2.05, 4.69) is 49.4 Å². The SMILES string of the molecule is CCC.Cc1ncc(N2CCN(C(C)C)CC2)s1. The molecule has 1 saturated heterocycles. The average Bonchev–Trinajstić information content (AvgIpc) is 2.77. The van der Waals surface area contributed by atoms with Crippen molar-refractivity contribution in [2.24, 2.45) is 0 Å². The standard InChI is InChI=1S/C11H19N3S.C3H8/c1-9(2)13-4-6-14(7-5-13)11-8-12-10(3)15-11;1-3-2/h8-9H,4-7H2,1-3H3;3H2,1-2H3. The van der Waals surface area contributed by atoms with Gasteiger partial charge in [0.15, 0.2) is 0 Å². The van der Waals surface area contributed by atoms with Crippen molar-refractivity contribution in [1.29, 1.82) is 0 Å². The summed E-state index contributed by atoms with van der Waals surface area (Å²) in [6.45, 7) is 15.5. The van der Waals surface area contributed by atoms with Crippen LogP contribution in [-0.2, 0) is 0 Å². The van der Waals surface area contributed by atoms with Gasteiger partial charge in [0.1, 0.15) is 5.00 Å². The van der Waals surface area contributed by atoms with Gasteiger partial charge in [-0.1, -0.05) is 20.3 Å². The van der Waals surface area contributed by atoms with Crippen molar-refractivity contribution in [2.75, 3.05) is 31.1 Å². The number of anilines is 1. The summed E-state index contributed by atoms with van der Waals surface area (Å²) in [5.41, 5.74) is 0. The molecule has 0 N–H and O–H groups in total. The van der Waals surface area contributed by atoms with Gasteiger partial charge in [0.25, 0.3) is 0 Å². The lowest BCUT2D eigenvalue weighted by molar-refractivity contribution is 0.209. The number of hydrogen-bond donors (Lipinski definition) is 0. The second kappa shape index (κ2) is 7.74. The van der Waals surface area contributed by atoms with Crippen molar-refractivity contribution in [1.82, 2.24) is 9.88 Å². The van der Waals surface area contributed by atoms with Crippen LogP contribution in [-0.4, -0.2) is 42.1 Å². The molecule has 0 saturated carbocycles. The van der Waals surface area contributed by atoms with E-state index in [0.717, 1.165) is 18.1 Å². The Kier molecular flexibility index (Phi) is 6.65. The van der Waals surface area contributed by atoms with Crippen LogP contribution in [0.15, 0.2) is 6.20 Å². The quantitative estimate of drug-likeness (QED) is 0.820. The molecule has 1 aromatic rings. The van der Waals surface area contributed by atoms with Crippen molar-refractivity contribution >= 4 is 16.3 Å². The predicted octanol–water partition coefficient (Wildman–Crippen LogP) is 3.40. The molecule has 18 heavy (non-hydrogen) atoms. The zero-order chi connectivity index (χ0) is 13.5. The zero-order valence-corrected chi connectivity index (χ0v) is 13.3. The summed E-state index contributed by atoms with van der Waals surface area (Å²) in [5.74, 6) is 0. The molecule has 1 aliphatic rings. The van der Waals surface area contributed by atoms with Crippen molar-refractivity contribution in [3.8, 4) is 0 Å². The summed E-state index contributed by atoms with van der Waals surface area (Å²) in [5, 5.41) is 2.49. The van der Waals surface area contributed by atoms with Gasteiger partial charge in [-0.3, -0.25) is 4.90 Å². The van der Waals surface area contributed by atoms with Crippen LogP contribution in [0, 0.1) is 6.92 Å². The number of thiazole rings is 1. The van der Waals surface area contributed by atoms with Crippen LogP contribution >= 0.6 is 11.3 Å². The molecule has 0 aromatic carbocycles. The van der Waals surface area contributed by atoms with E-state index in [9.17, 15) is 0 Å². The fraction of sp³-hybridized carbons (Fsp3) is 0.786. The number of nitrogens with zero attached hydrogens (tertiary/aromatic N) is 3. The summed E-state index contributed by atoms with van der Waals surface area (Å²) in [6, 6.07) is 0.676. The molecule has 104 valence electrons. The molecule has 0 aliphatic carbocycles. The highest BCUT2D eigenvalue weighted by Gasteiger charge is 2.19. The van der Waals surface area contributed by atoms with Crippen molar-refractivity contribution < 1.29 is 0 Å². The maximum absolute atomic E-state index is 4.31. The largest absolute Gasteiger partial charge is 0.360 e. The molecule has 1 fully saturated rings. The molecule has 2 heterocycles. The third kappa shape index (κ3) is 4.58. The van der Waals surface area contributed by atoms with Crippen LogP contribution in [0.3, 0.4) is 0 Å². The fourth-order valence-corrected chi connectivity index (χ4v) is 2.78. The minimum atomic E-state index is 0.676. The Morgan fingerprint density at radius 2 is 1.78 bits per heavy atom. The molecule has 1 aromatic heterocycles. The lowest BCUT2D eigenvalue weighted by Gasteiger charge is -2.37. The average molecular weight is 269 g/mol. The normalized spacial score (nSPS) is 16.7. The highest BCUT2D eigenvalue weighted by molar-refractivity contribution is 7.15. The monoisotopic (exact) mass is 269 g/mol. The van der Waals surface area contributed by atoms with Gasteiger partial charge in [-0.05, 0) is 20.8 Å². The molecule has 0 bridgehead atoms. The van der Waals surface area contributed by atoms with E-state index < -0.39 is 0 Å². The van der Waals surface area contributed by atoms with Gasteiger partial charge in [0.05, 0.1) is 11.2 Å². The van der Waals surface area contributed by atoms with Gasteiger partial charge in [0, 0.05) is 32.2 Å². The van der Waals surface area contributed by atoms with Crippen LogP contribution in [0.4, 0.5) is 5.00 Å². The Balaban J connectivity index is 0.000000492. The van der Waals surface area contributed by atoms with Crippen molar-refractivity contribution in [3.05, 3.63) is 11.2 Å². The van der Waals surface area contributed by atoms with Crippen LogP contribution in [0.1, 0.15) is 39.1 Å². The third-order valence-electron chi connectivity index (χ3n) is 2.97. The Bertz CT molecular complexity index is 328. The Morgan fingerprint density at radius 3 is 2.17 bits per heavy atom. The van der Waals surface area contributed by atoms with E-state index in [1.165, 1.54) is 24.5 Å². The summed E-state index contributed by atoms with van der Waals surface area (Å²) in [4.78, 5) is 9.29. The van der Waals surface area contributed by atoms with Crippen LogP contribution in [0.25, 0.3) is 0 Å². The fourth-order valence-electron chi connectivity index (χ4n) is 1.96. The molecule has 2 rings (SSSR count). The van der Waals surface area contributed by atoms with E-state index in [0.29, 0.717) is 6.04 Å². The lowest BCUT2D eigenvalue weighted by Crippen LogP contribution is -2.48. The number of piperazine rings is 1. The van der Waals surface area contributed by atoms with Gasteiger partial charge >= 0.3 is 0 Å². The molecule has 3 nitrogen and oxygen atoms in total. The van der Waals surface area contributed by atoms with Crippen LogP contribution in [0.5, 0.6) is 0 Å². The minimum absolute atomic E-state index is 0.676. The van der Waals surface area contributed by atoms with Crippen molar-refractivity contribution in [2.45, 2.75) is 47.1 Å². The number of aryl methyl sites for hydroxylation is 1. The first-order chi connectivity index (χ1) is 8.58. The van der Waals surface area contributed by atoms with Gasteiger partial charge < -0.3 is 4.90 Å². The third-order valence-corrected chi connectivity index (χ3v) is 3.94. The minimum Gasteiger partial charge on any atom is -0.360 e. The molecule has 0 radical (unpaired) electrons. The molecule has 4 heteroatoms. The smallest absolute Gasteiger partial charge is 0.111 e. The predicted molar refractivity (Wildman–Crippen MR) is 81.7 cm³/mol. The summed E-state index contributed by atoms with van der Waals surface area (Å²) >= 11 is 1.80. The topological polar surface area (TPSA) is 19.4 Å². The summed E-state index contributed by atoms with van der Waals surface area (Å²) in [6.07, 6.45) is 3.25. The van der Waals surface area contributed by atoms with E-state index in [-0.39, 0.29) is 0 Å². The highest BCUT2D eigenvalue weighted by Crippen LogP contribution is 2.24. The highest BCUT2D eigenvalue weighted by atomic mass is 32.1. The molecule has 0 atom stereocenters. The first-order valence-electron chi connectivity index (χ1n) is 6.99. The number of rotatable bonds is 2. The van der Waals surface area contributed by atoms with Crippen molar-refractivity contribution in [3.63, 3.8) is 0 Å². The maximum atomic E-state index is 4.31. The second-order valence-electron chi connectivity index (χ2n) is 5.04. The lowest BCUT2D eigenvalue weighted by atomic mass is 10.2. The van der Waals surface area contributed by atoms with Crippen LogP contribution in [0.2, 0.25) is 0 Å². The van der Waals surface area contributed by atoms with Gasteiger partial charge in [-0.25, -0.2) is 4.98 Å². The Hall–Kier alpha value is -0.610. The Labute approximate surface area is 116 Å². The molecule has 1 aliphatic heterocycles. The summed E-state index contributed by atoms with van der Waals surface area (Å²) in [7, 11) is 0. The number of aromatic nitrogens is 1. The van der Waals surface area contributed by atoms with E-state index in [1.807, 2.05) is 6.20 Å². The summed E-state index contributed by atoms with van der Waals surface area (Å²) < 4.78 is 0. The van der Waals surface area contributed by atoms with E-state index in [1.54, 1.807) is 11.3 Å². The molecular weight excluding hydrogens is 242 g/mol. The first-order valence-corrected chi connectivity index (χ1v) is 7.81. The molecule has 0 amide bonds. The van der Waals surface area contributed by atoms with Gasteiger partial charge in [0.2, 0.25) is 0 Å². The molecule has 0 unspecified atom stereocenters. The number of hydrogen-bond acceptors (Lipinski definition) is 4. The Morgan fingerprint density at radius 1 is 1.22 bits per heavy atom.